The van der Waals surface area contributed by atoms with Crippen LogP contribution in [0.2, 0.25) is 0 Å². The van der Waals surface area contributed by atoms with Gasteiger partial charge in [0.1, 0.15) is 12.0 Å². The minimum atomic E-state index is -4.64. The highest BCUT2D eigenvalue weighted by atomic mass is 19.4. The van der Waals surface area contributed by atoms with E-state index in [1.807, 2.05) is 0 Å². The molecule has 2 aliphatic rings. The number of hydrogen-bond donors (Lipinski definition) is 2. The number of H-pyrrole nitrogens is 1. The first kappa shape index (κ1) is 23.2. The third-order valence-electron chi connectivity index (χ3n) is 6.01. The number of halogens is 5. The van der Waals surface area contributed by atoms with Crippen LogP contribution in [0.1, 0.15) is 18.9 Å². The molecule has 4 atom stereocenters. The van der Waals surface area contributed by atoms with Crippen molar-refractivity contribution in [3.05, 3.63) is 51.8 Å². The summed E-state index contributed by atoms with van der Waals surface area (Å²) >= 11 is 0. The lowest BCUT2D eigenvalue weighted by atomic mass is 9.78. The zero-order valence-corrected chi connectivity index (χ0v) is 17.9. The van der Waals surface area contributed by atoms with Crippen molar-refractivity contribution in [2.75, 3.05) is 25.2 Å². The van der Waals surface area contributed by atoms with E-state index >= 15 is 4.39 Å². The fraction of sp³-hybridized carbons (Fsp3) is 0.455. The Morgan fingerprint density at radius 3 is 2.64 bits per heavy atom. The molecule has 1 aromatic heterocycles. The molecule has 1 saturated carbocycles. The van der Waals surface area contributed by atoms with Gasteiger partial charge in [-0.25, -0.2) is 13.6 Å². The van der Waals surface area contributed by atoms with Gasteiger partial charge in [0, 0.05) is 36.7 Å². The van der Waals surface area contributed by atoms with Gasteiger partial charge in [0.25, 0.3) is 0 Å². The fourth-order valence-electron chi connectivity index (χ4n) is 4.43. The molecule has 33 heavy (non-hydrogen) atoms. The molecule has 178 valence electrons. The molecule has 4 rings (SSSR count). The number of allylic oxidation sites excluding steroid dienone is 3. The van der Waals surface area contributed by atoms with Gasteiger partial charge in [0.15, 0.2) is 5.82 Å². The number of hydrogen-bond acceptors (Lipinski definition) is 5. The van der Waals surface area contributed by atoms with E-state index in [1.165, 1.54) is 37.1 Å². The van der Waals surface area contributed by atoms with Gasteiger partial charge in [-0.2, -0.15) is 18.2 Å². The zero-order valence-electron chi connectivity index (χ0n) is 17.9. The molecule has 0 bridgehead atoms. The minimum absolute atomic E-state index is 0.0548. The van der Waals surface area contributed by atoms with Crippen LogP contribution in [-0.2, 0) is 4.74 Å². The molecular weight excluding hydrogens is 447 g/mol. The Hall–Kier alpha value is -2.95. The number of nitrogens with two attached hydrogens (primary N) is 1. The van der Waals surface area contributed by atoms with Crippen LogP contribution in [0.4, 0.5) is 27.8 Å². The maximum Gasteiger partial charge on any atom is 0.396 e. The van der Waals surface area contributed by atoms with E-state index in [-0.39, 0.29) is 53.1 Å². The number of aromatic nitrogens is 2. The van der Waals surface area contributed by atoms with Crippen molar-refractivity contribution in [1.29, 1.82) is 0 Å². The van der Waals surface area contributed by atoms with Gasteiger partial charge in [-0.15, -0.1) is 0 Å². The van der Waals surface area contributed by atoms with E-state index < -0.39 is 41.7 Å². The lowest BCUT2D eigenvalue weighted by Gasteiger charge is -2.31. The van der Waals surface area contributed by atoms with Crippen molar-refractivity contribution in [2.45, 2.75) is 31.7 Å². The highest BCUT2D eigenvalue weighted by Crippen LogP contribution is 2.46. The minimum Gasteiger partial charge on any atom is -0.399 e. The first-order valence-electron chi connectivity index (χ1n) is 10.4. The molecule has 0 spiro atoms. The number of benzene rings is 1. The molecule has 1 heterocycles. The molecule has 1 aromatic carbocycles. The third-order valence-corrected chi connectivity index (χ3v) is 6.01. The molecule has 0 amide bonds. The summed E-state index contributed by atoms with van der Waals surface area (Å²) in [6, 6.07) is 2.06. The van der Waals surface area contributed by atoms with Crippen LogP contribution in [0.5, 0.6) is 0 Å². The smallest absolute Gasteiger partial charge is 0.396 e. The van der Waals surface area contributed by atoms with Crippen molar-refractivity contribution >= 4 is 22.3 Å². The molecule has 11 heteroatoms. The number of anilines is 1. The van der Waals surface area contributed by atoms with Crippen molar-refractivity contribution in [2.24, 2.45) is 17.6 Å². The van der Waals surface area contributed by atoms with Crippen molar-refractivity contribution < 1.29 is 26.7 Å². The van der Waals surface area contributed by atoms with Crippen LogP contribution in [0.25, 0.3) is 16.5 Å². The molecule has 0 aliphatic heterocycles. The number of nitrogens with zero attached hydrogens (tertiary/aromatic N) is 2. The molecular formula is C22H23F5N4O2. The van der Waals surface area contributed by atoms with Crippen LogP contribution in [-0.4, -0.2) is 48.6 Å². The van der Waals surface area contributed by atoms with Gasteiger partial charge in [-0.3, -0.25) is 0 Å². The normalized spacial score (nSPS) is 25.1. The summed E-state index contributed by atoms with van der Waals surface area (Å²) in [5.41, 5.74) is 4.03. The number of methoxy groups -OCH3 is 1. The van der Waals surface area contributed by atoms with E-state index in [1.54, 1.807) is 0 Å². The van der Waals surface area contributed by atoms with Gasteiger partial charge in [-0.05, 0) is 23.6 Å². The van der Waals surface area contributed by atoms with E-state index in [4.69, 9.17) is 10.5 Å². The highest BCUT2D eigenvalue weighted by molar-refractivity contribution is 5.93. The summed E-state index contributed by atoms with van der Waals surface area (Å²) in [5.74, 6) is -3.95. The van der Waals surface area contributed by atoms with Gasteiger partial charge >= 0.3 is 11.9 Å². The highest BCUT2D eigenvalue weighted by Gasteiger charge is 2.47. The second-order valence-electron chi connectivity index (χ2n) is 8.37. The Kier molecular flexibility index (Phi) is 5.94. The standard InChI is InChI=1S/C22H23F5N4O2/c1-10-7-11(28)8-14(17(10)22(25,26)27)12-3-4-13-19(18(12)24)29-21(32)30-20(13)31(5-6-33-2)16-9-15(16)23/h3-4,7-8,10,15-17H,5-6,9,28H2,1-2H3,(H,29,30,32)/t10?,15-,16-,17?/m1/s1. The van der Waals surface area contributed by atoms with Crippen molar-refractivity contribution in [3.63, 3.8) is 0 Å². The second kappa shape index (κ2) is 8.44. The van der Waals surface area contributed by atoms with Gasteiger partial charge in [0.2, 0.25) is 0 Å². The van der Waals surface area contributed by atoms with Gasteiger partial charge in [0.05, 0.1) is 24.1 Å². The maximum absolute atomic E-state index is 15.7. The Balaban J connectivity index is 1.88. The van der Waals surface area contributed by atoms with Crippen molar-refractivity contribution in [1.82, 2.24) is 9.97 Å². The average molecular weight is 470 g/mol. The lowest BCUT2D eigenvalue weighted by Crippen LogP contribution is -2.34. The monoisotopic (exact) mass is 470 g/mol. The third kappa shape index (κ3) is 4.33. The number of nitrogens with one attached hydrogen (secondary N) is 1. The largest absolute Gasteiger partial charge is 0.399 e. The summed E-state index contributed by atoms with van der Waals surface area (Å²) in [7, 11) is 1.46. The van der Waals surface area contributed by atoms with Gasteiger partial charge < -0.3 is 20.4 Å². The predicted octanol–water partition coefficient (Wildman–Crippen LogP) is 3.68. The van der Waals surface area contributed by atoms with E-state index in [2.05, 4.69) is 9.97 Å². The topological polar surface area (TPSA) is 84.2 Å². The Morgan fingerprint density at radius 2 is 2.03 bits per heavy atom. The Morgan fingerprint density at radius 1 is 1.33 bits per heavy atom. The molecule has 0 radical (unpaired) electrons. The van der Waals surface area contributed by atoms with Crippen LogP contribution >= 0.6 is 0 Å². The molecule has 2 unspecified atom stereocenters. The lowest BCUT2D eigenvalue weighted by molar-refractivity contribution is -0.165. The van der Waals surface area contributed by atoms with Crippen molar-refractivity contribution in [3.8, 4) is 0 Å². The quantitative estimate of drug-likeness (QED) is 0.630. The summed E-state index contributed by atoms with van der Waals surface area (Å²) in [5, 5.41) is 0.155. The number of rotatable bonds is 6. The molecule has 2 aliphatic carbocycles. The summed E-state index contributed by atoms with van der Waals surface area (Å²) in [4.78, 5) is 20.0. The average Bonchev–Trinajstić information content (AvgIpc) is 3.43. The summed E-state index contributed by atoms with van der Waals surface area (Å²) in [6.45, 7) is 1.78. The SMILES string of the molecule is COCCN(c1nc(=O)[nH]c2c(F)c(C3=CC(N)=CC(C)C3C(F)(F)F)ccc12)[C@@H]1C[C@H]1F. The van der Waals surface area contributed by atoms with E-state index in [0.717, 1.165) is 6.08 Å². The Labute approximate surface area is 185 Å². The number of fused-ring (bicyclic) bond motifs is 1. The second-order valence-corrected chi connectivity index (χ2v) is 8.37. The first-order valence-corrected chi connectivity index (χ1v) is 10.4. The zero-order chi connectivity index (χ0) is 24.1. The fourth-order valence-corrected chi connectivity index (χ4v) is 4.43. The van der Waals surface area contributed by atoms with Crippen LogP contribution in [0.3, 0.4) is 0 Å². The molecule has 1 fully saturated rings. The molecule has 0 saturated heterocycles. The summed E-state index contributed by atoms with van der Waals surface area (Å²) in [6.07, 6.45) is -3.16. The number of alkyl halides is 4. The van der Waals surface area contributed by atoms with Crippen LogP contribution in [0.15, 0.2) is 34.8 Å². The number of ether oxygens (including phenoxy) is 1. The number of aromatic amines is 1. The Bertz CT molecular complexity index is 1190. The molecule has 3 N–H and O–H groups in total. The molecule has 6 nitrogen and oxygen atoms in total. The predicted molar refractivity (Wildman–Crippen MR) is 114 cm³/mol. The van der Waals surface area contributed by atoms with E-state index in [0.29, 0.717) is 0 Å². The van der Waals surface area contributed by atoms with Gasteiger partial charge in [-0.1, -0.05) is 19.1 Å². The van der Waals surface area contributed by atoms with Crippen LogP contribution < -0.4 is 16.3 Å². The van der Waals surface area contributed by atoms with Crippen LogP contribution in [0, 0.1) is 17.7 Å². The maximum atomic E-state index is 15.7. The van der Waals surface area contributed by atoms with E-state index in [9.17, 15) is 22.4 Å². The summed E-state index contributed by atoms with van der Waals surface area (Å²) < 4.78 is 76.0. The first-order chi connectivity index (χ1) is 15.5. The molecule has 2 aromatic rings.